The van der Waals surface area contributed by atoms with Crippen LogP contribution < -0.4 is 0 Å². The molecule has 8 N–H and O–H groups in total. The summed E-state index contributed by atoms with van der Waals surface area (Å²) in [5.74, 6) is 0. The summed E-state index contributed by atoms with van der Waals surface area (Å²) in [5.41, 5.74) is 0. The molecule has 0 aliphatic carbocycles. The Kier molecular flexibility index (Phi) is 258. The van der Waals surface area contributed by atoms with Gasteiger partial charge in [-0.1, -0.05) is 0 Å². The van der Waals surface area contributed by atoms with Crippen molar-refractivity contribution in [1.29, 1.82) is 0 Å². The van der Waals surface area contributed by atoms with Gasteiger partial charge in [0, 0.05) is 39.9 Å². The Hall–Kier alpha value is 0.365. The normalized spacial score (nSPS) is 2.67. The molecule has 60 valence electrons. The summed E-state index contributed by atoms with van der Waals surface area (Å²) in [6.07, 6.45) is 0. The first kappa shape index (κ1) is 57.9. The van der Waals surface area contributed by atoms with Crippen molar-refractivity contribution in [3.8, 4) is 0 Å². The predicted molar refractivity (Wildman–Crippen MR) is 24.8 cm³/mol. The van der Waals surface area contributed by atoms with Gasteiger partial charge in [-0.05, 0) is 0 Å². The molecule has 0 heterocycles. The average Bonchev–Trinajstić information content (AvgIpc) is 0.811. The molecule has 0 aromatic rings. The second kappa shape index (κ2) is 40.1. The molecule has 0 atom stereocenters. The fraction of sp³-hybridized carbons (Fsp3) is 0. The van der Waals surface area contributed by atoms with Crippen LogP contribution in [0.2, 0.25) is 0 Å². The Labute approximate surface area is 81.9 Å². The standard InChI is InChI=1S/NO3.4H2O.Th/c2-1(3)4;;;;;/h;4*1H2;/q-1;;;;;. The minimum Gasteiger partial charge on any atom is -0.412 e. The zero-order valence-electron chi connectivity index (χ0n) is 4.17. The van der Waals surface area contributed by atoms with E-state index < -0.39 is 5.09 Å². The molecule has 0 amide bonds. The summed E-state index contributed by atoms with van der Waals surface area (Å²) < 4.78 is 0. The molecule has 0 aromatic carbocycles. The van der Waals surface area contributed by atoms with Crippen LogP contribution in [0.25, 0.3) is 0 Å². The molecule has 8 nitrogen and oxygen atoms in total. The van der Waals surface area contributed by atoms with E-state index in [2.05, 4.69) is 0 Å². The monoisotopic (exact) mass is 366 g/mol. The zero-order chi connectivity index (χ0) is 3.58. The first-order valence-corrected chi connectivity index (χ1v) is 0.548. The quantitative estimate of drug-likeness (QED) is 0.317. The smallest absolute Gasteiger partial charge is 0.0689 e. The third-order valence-electron chi connectivity index (χ3n) is 0. The van der Waals surface area contributed by atoms with Gasteiger partial charge in [0.25, 0.3) is 0 Å². The van der Waals surface area contributed by atoms with Gasteiger partial charge in [0.15, 0.2) is 0 Å². The summed E-state index contributed by atoms with van der Waals surface area (Å²) in [7, 11) is 0. The van der Waals surface area contributed by atoms with E-state index in [1.54, 1.807) is 0 Å². The predicted octanol–water partition coefficient (Wildman–Crippen LogP) is -3.54. The molecule has 0 saturated heterocycles. The van der Waals surface area contributed by atoms with E-state index in [0.29, 0.717) is 0 Å². The first-order valence-electron chi connectivity index (χ1n) is 0.548. The van der Waals surface area contributed by atoms with Gasteiger partial charge in [0.05, 0.1) is 5.09 Å². The van der Waals surface area contributed by atoms with Crippen LogP contribution in [0, 0.1) is 55.3 Å². The van der Waals surface area contributed by atoms with Crippen molar-refractivity contribution in [1.82, 2.24) is 0 Å². The maximum Gasteiger partial charge on any atom is 0.0689 e. The summed E-state index contributed by atoms with van der Waals surface area (Å²) in [6.45, 7) is 0. The molecule has 0 bridgehead atoms. The largest absolute Gasteiger partial charge is 0.412 e. The number of hydrogen-bond acceptors (Lipinski definition) is 3. The summed E-state index contributed by atoms with van der Waals surface area (Å²) in [6, 6.07) is 0. The number of rotatable bonds is 0. The third kappa shape index (κ3) is 2550. The van der Waals surface area contributed by atoms with Gasteiger partial charge in [-0.25, -0.2) is 0 Å². The van der Waals surface area contributed by atoms with Crippen molar-refractivity contribution in [3.63, 3.8) is 0 Å². The average molecular weight is 366 g/mol. The van der Waals surface area contributed by atoms with Crippen LogP contribution in [0.1, 0.15) is 0 Å². The third-order valence-corrected chi connectivity index (χ3v) is 0. The van der Waals surface area contributed by atoms with Crippen LogP contribution in [0.4, 0.5) is 0 Å². The molecular formula is H8NO7Th-. The van der Waals surface area contributed by atoms with E-state index in [1.807, 2.05) is 0 Å². The molecule has 0 aliphatic rings. The first-order chi connectivity index (χ1) is 1.73. The van der Waals surface area contributed by atoms with Crippen LogP contribution in [0.3, 0.4) is 0 Å². The molecule has 0 unspecified atom stereocenters. The minimum atomic E-state index is -1.75. The molecule has 0 aromatic heterocycles. The summed E-state index contributed by atoms with van der Waals surface area (Å²) in [5, 5.41) is 14.8. The second-order valence-electron chi connectivity index (χ2n) is 0.224. The summed E-state index contributed by atoms with van der Waals surface area (Å²) in [4.78, 5) is 8.25. The van der Waals surface area contributed by atoms with Crippen LogP contribution in [-0.4, -0.2) is 27.0 Å². The Bertz CT molecular complexity index is 31.9. The van der Waals surface area contributed by atoms with Crippen molar-refractivity contribution in [2.45, 2.75) is 0 Å². The molecule has 0 fully saturated rings. The van der Waals surface area contributed by atoms with Crippen molar-refractivity contribution >= 4 is 0 Å². The van der Waals surface area contributed by atoms with Gasteiger partial charge < -0.3 is 37.2 Å². The van der Waals surface area contributed by atoms with Gasteiger partial charge in [-0.3, -0.25) is 0 Å². The molecule has 0 rings (SSSR count). The van der Waals surface area contributed by atoms with E-state index in [9.17, 15) is 0 Å². The van der Waals surface area contributed by atoms with E-state index >= 15 is 0 Å². The molecule has 0 radical (unpaired) electrons. The zero-order valence-corrected chi connectivity index (χ0v) is 8.28. The van der Waals surface area contributed by atoms with E-state index in [-0.39, 0.29) is 61.8 Å². The van der Waals surface area contributed by atoms with Gasteiger partial charge in [0.1, 0.15) is 0 Å². The van der Waals surface area contributed by atoms with Crippen molar-refractivity contribution in [2.24, 2.45) is 0 Å². The van der Waals surface area contributed by atoms with Crippen LogP contribution in [0.5, 0.6) is 0 Å². The van der Waals surface area contributed by atoms with Gasteiger partial charge in [0.2, 0.25) is 0 Å². The molecule has 0 spiro atoms. The van der Waals surface area contributed by atoms with Crippen molar-refractivity contribution in [2.75, 3.05) is 0 Å². The Morgan fingerprint density at radius 1 is 0.889 bits per heavy atom. The maximum absolute atomic E-state index is 8.25. The molecule has 9 heteroatoms. The molecule has 9 heavy (non-hydrogen) atoms. The molecule has 0 aliphatic heterocycles. The Morgan fingerprint density at radius 2 is 0.889 bits per heavy atom. The SMILES string of the molecule is O.O.O.O.O=[N+]([O-])[O-].[Th]. The summed E-state index contributed by atoms with van der Waals surface area (Å²) >= 11 is 0. The van der Waals surface area contributed by atoms with Crippen LogP contribution >= 0.6 is 0 Å². The van der Waals surface area contributed by atoms with E-state index in [1.165, 1.54) is 0 Å². The second-order valence-corrected chi connectivity index (χ2v) is 0.224. The van der Waals surface area contributed by atoms with E-state index in [4.69, 9.17) is 15.3 Å². The molecule has 0 saturated carbocycles. The number of nitrogens with zero attached hydrogens (tertiary/aromatic N) is 1. The fourth-order valence-electron chi connectivity index (χ4n) is 0. The van der Waals surface area contributed by atoms with Gasteiger partial charge in [-0.15, -0.1) is 0 Å². The fourth-order valence-corrected chi connectivity index (χ4v) is 0. The topological polar surface area (TPSA) is 192 Å². The Balaban J connectivity index is -0.00000000450. The maximum atomic E-state index is 8.25. The van der Waals surface area contributed by atoms with E-state index in [0.717, 1.165) is 0 Å². The molecular weight excluding hydrogens is 358 g/mol. The van der Waals surface area contributed by atoms with Gasteiger partial charge in [-0.2, -0.15) is 0 Å². The van der Waals surface area contributed by atoms with Crippen LogP contribution in [-0.2, 0) is 0 Å². The Morgan fingerprint density at radius 3 is 0.889 bits per heavy atom. The number of hydrogen-bond donors (Lipinski definition) is 0. The van der Waals surface area contributed by atoms with Crippen molar-refractivity contribution < 1.29 is 66.9 Å². The minimum absolute atomic E-state index is 0. The van der Waals surface area contributed by atoms with Gasteiger partial charge >= 0.3 is 0 Å². The van der Waals surface area contributed by atoms with Crippen molar-refractivity contribution in [3.05, 3.63) is 15.3 Å². The van der Waals surface area contributed by atoms with Crippen LogP contribution in [0.15, 0.2) is 0 Å².